The summed E-state index contributed by atoms with van der Waals surface area (Å²) in [4.78, 5) is 15.4. The molecule has 2 aliphatic rings. The zero-order valence-electron chi connectivity index (χ0n) is 19.6. The van der Waals surface area contributed by atoms with Crippen LogP contribution in [-0.2, 0) is 4.79 Å². The molecule has 1 saturated heterocycles. The number of aliphatic hydroxyl groups is 1. The normalized spacial score (nSPS) is 24.9. The second-order valence-electron chi connectivity index (χ2n) is 8.90. The molecule has 1 saturated carbocycles. The summed E-state index contributed by atoms with van der Waals surface area (Å²) < 4.78 is 16.4. The summed E-state index contributed by atoms with van der Waals surface area (Å²) in [6.45, 7) is 0.490. The van der Waals surface area contributed by atoms with E-state index in [0.29, 0.717) is 24.5 Å². The third kappa shape index (κ3) is 4.71. The summed E-state index contributed by atoms with van der Waals surface area (Å²) >= 11 is 0. The lowest BCUT2D eigenvalue weighted by Crippen LogP contribution is -2.56. The van der Waals surface area contributed by atoms with E-state index in [0.717, 1.165) is 42.6 Å². The van der Waals surface area contributed by atoms with Gasteiger partial charge in [-0.2, -0.15) is 0 Å². The van der Waals surface area contributed by atoms with Gasteiger partial charge in [-0.15, -0.1) is 0 Å². The van der Waals surface area contributed by atoms with Crippen molar-refractivity contribution in [2.24, 2.45) is 5.92 Å². The number of nitrogens with zero attached hydrogens (tertiary/aromatic N) is 1. The van der Waals surface area contributed by atoms with Gasteiger partial charge in [0.15, 0.2) is 0 Å². The predicted molar refractivity (Wildman–Crippen MR) is 128 cm³/mol. The third-order valence-corrected chi connectivity index (χ3v) is 7.14. The Kier molecular flexibility index (Phi) is 6.94. The van der Waals surface area contributed by atoms with Crippen LogP contribution in [0, 0.1) is 5.92 Å². The van der Waals surface area contributed by atoms with Gasteiger partial charge in [-0.1, -0.05) is 25.0 Å². The molecule has 6 heteroatoms. The molecular formula is C27H33NO5. The lowest BCUT2D eigenvalue weighted by atomic mass is 9.66. The van der Waals surface area contributed by atoms with Crippen molar-refractivity contribution in [1.29, 1.82) is 0 Å². The van der Waals surface area contributed by atoms with E-state index in [-0.39, 0.29) is 17.9 Å². The van der Waals surface area contributed by atoms with Gasteiger partial charge in [-0.3, -0.25) is 4.79 Å². The number of hydrogen-bond donors (Lipinski definition) is 1. The van der Waals surface area contributed by atoms with Crippen LogP contribution in [0.5, 0.6) is 17.2 Å². The summed E-state index contributed by atoms with van der Waals surface area (Å²) in [7, 11) is 4.89. The largest absolute Gasteiger partial charge is 0.497 e. The quantitative estimate of drug-likeness (QED) is 0.649. The predicted octanol–water partition coefficient (Wildman–Crippen LogP) is 4.62. The van der Waals surface area contributed by atoms with Crippen LogP contribution in [0.15, 0.2) is 48.5 Å². The van der Waals surface area contributed by atoms with Crippen molar-refractivity contribution in [1.82, 2.24) is 4.90 Å². The summed E-state index contributed by atoms with van der Waals surface area (Å²) in [6, 6.07) is 13.0. The van der Waals surface area contributed by atoms with Crippen LogP contribution in [0.2, 0.25) is 0 Å². The minimum Gasteiger partial charge on any atom is -0.497 e. The molecule has 1 N–H and O–H groups in total. The first-order valence-corrected chi connectivity index (χ1v) is 11.6. The average Bonchev–Trinajstić information content (AvgIpc) is 2.86. The first-order valence-electron chi connectivity index (χ1n) is 11.6. The van der Waals surface area contributed by atoms with Crippen molar-refractivity contribution < 1.29 is 24.1 Å². The van der Waals surface area contributed by atoms with Crippen LogP contribution < -0.4 is 14.2 Å². The Morgan fingerprint density at radius 1 is 1.00 bits per heavy atom. The van der Waals surface area contributed by atoms with Gasteiger partial charge >= 0.3 is 0 Å². The number of ether oxygens (including phenoxy) is 3. The smallest absolute Gasteiger partial charge is 0.247 e. The molecule has 0 bridgehead atoms. The van der Waals surface area contributed by atoms with E-state index >= 15 is 0 Å². The lowest BCUT2D eigenvalue weighted by Gasteiger charge is -2.52. The summed E-state index contributed by atoms with van der Waals surface area (Å²) in [5.74, 6) is 2.05. The number of rotatable bonds is 6. The number of hydrogen-bond acceptors (Lipinski definition) is 5. The second kappa shape index (κ2) is 9.87. The summed E-state index contributed by atoms with van der Waals surface area (Å²) in [6.07, 6.45) is 7.72. The van der Waals surface area contributed by atoms with E-state index in [4.69, 9.17) is 14.2 Å². The minimum atomic E-state index is -0.770. The van der Waals surface area contributed by atoms with Crippen LogP contribution in [0.4, 0.5) is 0 Å². The fourth-order valence-electron chi connectivity index (χ4n) is 5.36. The van der Waals surface area contributed by atoms with Gasteiger partial charge in [0.2, 0.25) is 5.91 Å². The topological polar surface area (TPSA) is 68.2 Å². The van der Waals surface area contributed by atoms with Crippen molar-refractivity contribution in [3.63, 3.8) is 0 Å². The Morgan fingerprint density at radius 2 is 1.73 bits per heavy atom. The van der Waals surface area contributed by atoms with Crippen LogP contribution in [0.25, 0.3) is 6.08 Å². The molecule has 33 heavy (non-hydrogen) atoms. The van der Waals surface area contributed by atoms with Crippen molar-refractivity contribution in [2.45, 2.75) is 43.7 Å². The van der Waals surface area contributed by atoms with Crippen LogP contribution in [0.1, 0.15) is 49.3 Å². The molecule has 0 radical (unpaired) electrons. The average molecular weight is 452 g/mol. The zero-order valence-corrected chi connectivity index (χ0v) is 19.6. The van der Waals surface area contributed by atoms with Crippen molar-refractivity contribution in [3.05, 3.63) is 59.7 Å². The van der Waals surface area contributed by atoms with Gasteiger partial charge in [0.1, 0.15) is 17.2 Å². The molecule has 3 atom stereocenters. The van der Waals surface area contributed by atoms with Gasteiger partial charge in [-0.05, 0) is 61.2 Å². The Labute approximate surface area is 195 Å². The van der Waals surface area contributed by atoms with Gasteiger partial charge in [-0.25, -0.2) is 0 Å². The molecule has 0 aromatic heterocycles. The SMILES string of the molecule is COc1ccc(/C=C/C(=O)N2CCC3(O)CCCCC3[C@@H]2c2cc(OC)ccc2OC)cc1. The van der Waals surface area contributed by atoms with E-state index in [9.17, 15) is 9.90 Å². The molecule has 2 aromatic rings. The van der Waals surface area contributed by atoms with Gasteiger partial charge < -0.3 is 24.2 Å². The first-order chi connectivity index (χ1) is 16.0. The molecule has 1 aliphatic carbocycles. The highest BCUT2D eigenvalue weighted by molar-refractivity contribution is 5.92. The fraction of sp³-hybridized carbons (Fsp3) is 0.444. The number of carbonyl (C=O) groups is 1. The standard InChI is InChI=1S/C27H33NO5/c1-31-20-10-7-19(8-11-20)9-14-25(29)28-17-16-27(30)15-5-4-6-23(27)26(28)22-18-21(32-2)12-13-24(22)33-3/h7-14,18,23,26,30H,4-6,15-17H2,1-3H3/b14-9+/t23?,26-,27?/m0/s1. The van der Waals surface area contributed by atoms with E-state index < -0.39 is 5.60 Å². The maximum absolute atomic E-state index is 13.5. The van der Waals surface area contributed by atoms with Gasteiger partial charge in [0, 0.05) is 24.1 Å². The van der Waals surface area contributed by atoms with Crippen LogP contribution in [0.3, 0.4) is 0 Å². The number of benzene rings is 2. The molecule has 2 fully saturated rings. The highest BCUT2D eigenvalue weighted by Gasteiger charge is 2.50. The molecule has 1 aliphatic heterocycles. The number of piperidine rings is 1. The maximum Gasteiger partial charge on any atom is 0.247 e. The van der Waals surface area contributed by atoms with Gasteiger partial charge in [0.05, 0.1) is 33.0 Å². The maximum atomic E-state index is 13.5. The number of fused-ring (bicyclic) bond motifs is 1. The van der Waals surface area contributed by atoms with E-state index in [2.05, 4.69) is 0 Å². The molecule has 0 spiro atoms. The van der Waals surface area contributed by atoms with Crippen LogP contribution in [-0.4, -0.2) is 49.4 Å². The Hall–Kier alpha value is -2.99. The number of amides is 1. The zero-order chi connectivity index (χ0) is 23.4. The van der Waals surface area contributed by atoms with E-state index in [1.165, 1.54) is 0 Å². The molecule has 1 amide bonds. The molecule has 176 valence electrons. The van der Waals surface area contributed by atoms with E-state index in [1.807, 2.05) is 53.4 Å². The lowest BCUT2D eigenvalue weighted by molar-refractivity contribution is -0.151. The minimum absolute atomic E-state index is 0.0562. The van der Waals surface area contributed by atoms with Gasteiger partial charge in [0.25, 0.3) is 0 Å². The second-order valence-corrected chi connectivity index (χ2v) is 8.90. The molecular weight excluding hydrogens is 418 g/mol. The van der Waals surface area contributed by atoms with Crippen molar-refractivity contribution in [3.8, 4) is 17.2 Å². The molecule has 2 aromatic carbocycles. The van der Waals surface area contributed by atoms with Crippen molar-refractivity contribution in [2.75, 3.05) is 27.9 Å². The summed E-state index contributed by atoms with van der Waals surface area (Å²) in [5, 5.41) is 11.5. The monoisotopic (exact) mass is 451 g/mol. The Balaban J connectivity index is 1.69. The molecule has 2 unspecified atom stereocenters. The number of carbonyl (C=O) groups excluding carboxylic acids is 1. The molecule has 1 heterocycles. The van der Waals surface area contributed by atoms with E-state index in [1.54, 1.807) is 27.4 Å². The van der Waals surface area contributed by atoms with Crippen molar-refractivity contribution >= 4 is 12.0 Å². The number of methoxy groups -OCH3 is 3. The Bertz CT molecular complexity index is 1000. The first kappa shape index (κ1) is 23.2. The fourth-order valence-corrected chi connectivity index (χ4v) is 5.36. The highest BCUT2D eigenvalue weighted by Crippen LogP contribution is 2.51. The highest BCUT2D eigenvalue weighted by atomic mass is 16.5. The number of likely N-dealkylation sites (tertiary alicyclic amines) is 1. The van der Waals surface area contributed by atoms with Crippen LogP contribution >= 0.6 is 0 Å². The molecule has 4 rings (SSSR count). The Morgan fingerprint density at radius 3 is 2.42 bits per heavy atom. The third-order valence-electron chi connectivity index (χ3n) is 7.14. The molecule has 6 nitrogen and oxygen atoms in total. The summed E-state index contributed by atoms with van der Waals surface area (Å²) in [5.41, 5.74) is 1.03.